The summed E-state index contributed by atoms with van der Waals surface area (Å²) >= 11 is 0.650. The van der Waals surface area contributed by atoms with E-state index in [1.54, 1.807) is 6.07 Å². The zero-order chi connectivity index (χ0) is 18.8. The molecule has 9 heteroatoms. The van der Waals surface area contributed by atoms with E-state index in [9.17, 15) is 29.6 Å². The quantitative estimate of drug-likeness (QED) is 0.460. The molecule has 0 spiro atoms. The second kappa shape index (κ2) is 6.81. The molecule has 130 valence electrons. The number of thioether (sulfide) groups is 1. The highest BCUT2D eigenvalue weighted by Gasteiger charge is 2.36. The van der Waals surface area contributed by atoms with Gasteiger partial charge in [0.1, 0.15) is 0 Å². The van der Waals surface area contributed by atoms with Gasteiger partial charge in [-0.15, -0.1) is 0 Å². The number of carbonyl (C=O) groups excluding carboxylic acids is 3. The van der Waals surface area contributed by atoms with Gasteiger partial charge >= 0.3 is 0 Å². The summed E-state index contributed by atoms with van der Waals surface area (Å²) in [6, 6.07) is 10.9. The highest BCUT2D eigenvalue weighted by Crippen LogP contribution is 2.36. The zero-order valence-corrected chi connectivity index (χ0v) is 13.8. The van der Waals surface area contributed by atoms with Gasteiger partial charge in [-0.25, -0.2) is 4.90 Å². The van der Waals surface area contributed by atoms with Crippen LogP contribution in [0.25, 0.3) is 6.08 Å². The van der Waals surface area contributed by atoms with E-state index in [-0.39, 0.29) is 27.4 Å². The molecule has 8 nitrogen and oxygen atoms in total. The van der Waals surface area contributed by atoms with E-state index >= 15 is 0 Å². The minimum atomic E-state index is -1.37. The lowest BCUT2D eigenvalue weighted by atomic mass is 10.1. The molecule has 2 amide bonds. The molecule has 2 aromatic rings. The van der Waals surface area contributed by atoms with Crippen molar-refractivity contribution in [2.24, 2.45) is 0 Å². The summed E-state index contributed by atoms with van der Waals surface area (Å²) in [5.74, 6) is -2.01. The second-order valence-electron chi connectivity index (χ2n) is 5.17. The number of hydrogen-bond donors (Lipinski definition) is 0. The molecule has 0 atom stereocenters. The van der Waals surface area contributed by atoms with Crippen molar-refractivity contribution >= 4 is 46.3 Å². The van der Waals surface area contributed by atoms with Gasteiger partial charge in [0.15, 0.2) is 0 Å². The van der Waals surface area contributed by atoms with Gasteiger partial charge in [0, 0.05) is 6.07 Å². The molecule has 1 heterocycles. The summed E-state index contributed by atoms with van der Waals surface area (Å²) in [5.41, 5.74) is 0.132. The molecular weight excluding hydrogens is 360 g/mol. The second-order valence-corrected chi connectivity index (χ2v) is 6.16. The molecule has 26 heavy (non-hydrogen) atoms. The Hall–Kier alpha value is -3.46. The predicted octanol–water partition coefficient (Wildman–Crippen LogP) is 2.20. The number of carboxylic acids is 1. The van der Waals surface area contributed by atoms with Crippen LogP contribution in [0.5, 0.6) is 0 Å². The number of amides is 2. The highest BCUT2D eigenvalue weighted by atomic mass is 32.2. The molecule has 1 saturated heterocycles. The van der Waals surface area contributed by atoms with Crippen LogP contribution in [-0.4, -0.2) is 22.0 Å². The number of carboxylic acid groups (broad SMARTS) is 1. The molecule has 1 aliphatic rings. The van der Waals surface area contributed by atoms with Crippen molar-refractivity contribution in [3.8, 4) is 0 Å². The van der Waals surface area contributed by atoms with Gasteiger partial charge in [0.25, 0.3) is 16.8 Å². The van der Waals surface area contributed by atoms with Crippen molar-refractivity contribution in [2.75, 3.05) is 4.90 Å². The van der Waals surface area contributed by atoms with Crippen LogP contribution in [0.15, 0.2) is 53.4 Å². The number of nitrogens with zero attached hydrogens (tertiary/aromatic N) is 2. The fraction of sp³-hybridized carbons (Fsp3) is 0. The van der Waals surface area contributed by atoms with Gasteiger partial charge in [-0.2, -0.15) is 0 Å². The number of nitro benzene ring substituents is 1. The maximum atomic E-state index is 12.5. The van der Waals surface area contributed by atoms with Crippen molar-refractivity contribution in [1.29, 1.82) is 0 Å². The molecule has 3 rings (SSSR count). The number of hydrogen-bond acceptors (Lipinski definition) is 7. The molecule has 0 aromatic heterocycles. The van der Waals surface area contributed by atoms with Crippen LogP contribution in [-0.2, 0) is 4.79 Å². The summed E-state index contributed by atoms with van der Waals surface area (Å²) in [5, 5.41) is 21.3. The first-order valence-corrected chi connectivity index (χ1v) is 8.03. The summed E-state index contributed by atoms with van der Waals surface area (Å²) in [7, 11) is 0. The molecular formula is C17H9N2O6S-. The molecule has 0 bridgehead atoms. The molecule has 0 aliphatic carbocycles. The first-order chi connectivity index (χ1) is 12.4. The Morgan fingerprint density at radius 2 is 1.73 bits per heavy atom. The Morgan fingerprint density at radius 3 is 2.35 bits per heavy atom. The number of aromatic carboxylic acids is 1. The fourth-order valence-electron chi connectivity index (χ4n) is 2.35. The van der Waals surface area contributed by atoms with Crippen molar-refractivity contribution in [3.63, 3.8) is 0 Å². The maximum absolute atomic E-state index is 12.5. The van der Waals surface area contributed by atoms with E-state index in [4.69, 9.17) is 0 Å². The maximum Gasteiger partial charge on any atom is 0.298 e. The Labute approximate surface area is 150 Å². The zero-order valence-electron chi connectivity index (χ0n) is 12.9. The minimum absolute atomic E-state index is 0.0354. The third kappa shape index (κ3) is 3.20. The Balaban J connectivity index is 1.94. The third-order valence-electron chi connectivity index (χ3n) is 3.57. The highest BCUT2D eigenvalue weighted by molar-refractivity contribution is 8.19. The standard InChI is InChI=1S/C17H10N2O6S/c20-15-14(9-11-3-1-2-4-13(11)19(24)25)26-17(23)18(15)12-7-5-10(6-8-12)16(21)22/h1-9H,(H,21,22)/p-1/b14-9-. The number of rotatable bonds is 4. The predicted molar refractivity (Wildman–Crippen MR) is 92.3 cm³/mol. The largest absolute Gasteiger partial charge is 0.545 e. The van der Waals surface area contributed by atoms with Crippen LogP contribution < -0.4 is 10.0 Å². The van der Waals surface area contributed by atoms with Crippen LogP contribution in [0.3, 0.4) is 0 Å². The van der Waals surface area contributed by atoms with Crippen LogP contribution >= 0.6 is 11.8 Å². The van der Waals surface area contributed by atoms with Crippen molar-refractivity contribution in [3.05, 3.63) is 74.7 Å². The molecule has 0 saturated carbocycles. The van der Waals surface area contributed by atoms with E-state index in [0.29, 0.717) is 11.8 Å². The van der Waals surface area contributed by atoms with Gasteiger partial charge < -0.3 is 9.90 Å². The van der Waals surface area contributed by atoms with Crippen molar-refractivity contribution < 1.29 is 24.4 Å². The fourth-order valence-corrected chi connectivity index (χ4v) is 3.19. The number of benzene rings is 2. The minimum Gasteiger partial charge on any atom is -0.545 e. The number of nitro groups is 1. The Kier molecular flexibility index (Phi) is 4.55. The molecule has 2 aromatic carbocycles. The number of para-hydroxylation sites is 1. The van der Waals surface area contributed by atoms with Gasteiger partial charge in [-0.1, -0.05) is 24.3 Å². The van der Waals surface area contributed by atoms with Crippen molar-refractivity contribution in [2.45, 2.75) is 0 Å². The molecule has 1 fully saturated rings. The normalized spacial score (nSPS) is 15.5. The van der Waals surface area contributed by atoms with Gasteiger partial charge in [0.05, 0.1) is 27.0 Å². The third-order valence-corrected chi connectivity index (χ3v) is 4.44. The number of carbonyl (C=O) groups is 3. The monoisotopic (exact) mass is 369 g/mol. The smallest absolute Gasteiger partial charge is 0.298 e. The Bertz CT molecular complexity index is 967. The average molecular weight is 369 g/mol. The van der Waals surface area contributed by atoms with Crippen molar-refractivity contribution in [1.82, 2.24) is 0 Å². The van der Waals surface area contributed by atoms with Crippen LogP contribution in [0.2, 0.25) is 0 Å². The first kappa shape index (κ1) is 17.4. The Morgan fingerprint density at radius 1 is 1.08 bits per heavy atom. The summed E-state index contributed by atoms with van der Waals surface area (Å²) in [6.45, 7) is 0. The average Bonchev–Trinajstić information content (AvgIpc) is 2.89. The van der Waals surface area contributed by atoms with Crippen LogP contribution in [0.4, 0.5) is 16.2 Å². The SMILES string of the molecule is O=C([O-])c1ccc(N2C(=O)S/C(=C\c3ccccc3[N+](=O)[O-])C2=O)cc1. The van der Waals surface area contributed by atoms with Gasteiger partial charge in [0.2, 0.25) is 0 Å². The van der Waals surface area contributed by atoms with Gasteiger partial charge in [-0.05, 0) is 41.6 Å². The van der Waals surface area contributed by atoms with E-state index in [0.717, 1.165) is 4.90 Å². The summed E-state index contributed by atoms with van der Waals surface area (Å²) < 4.78 is 0. The summed E-state index contributed by atoms with van der Waals surface area (Å²) in [4.78, 5) is 46.9. The van der Waals surface area contributed by atoms with Gasteiger partial charge in [-0.3, -0.25) is 19.7 Å². The first-order valence-electron chi connectivity index (χ1n) is 7.21. The lowest BCUT2D eigenvalue weighted by Gasteiger charge is -2.13. The lowest BCUT2D eigenvalue weighted by Crippen LogP contribution is -2.28. The number of imide groups is 1. The molecule has 1 aliphatic heterocycles. The molecule has 0 radical (unpaired) electrons. The molecule has 0 unspecified atom stereocenters. The van der Waals surface area contributed by atoms with Crippen LogP contribution in [0.1, 0.15) is 15.9 Å². The lowest BCUT2D eigenvalue weighted by molar-refractivity contribution is -0.385. The summed E-state index contributed by atoms with van der Waals surface area (Å²) in [6.07, 6.45) is 1.29. The van der Waals surface area contributed by atoms with Crippen LogP contribution in [0, 0.1) is 10.1 Å². The van der Waals surface area contributed by atoms with E-state index in [1.807, 2.05) is 0 Å². The van der Waals surface area contributed by atoms with E-state index in [1.165, 1.54) is 48.5 Å². The molecule has 0 N–H and O–H groups in total. The number of anilines is 1. The topological polar surface area (TPSA) is 121 Å². The van der Waals surface area contributed by atoms with E-state index < -0.39 is 22.0 Å². The van der Waals surface area contributed by atoms with E-state index in [2.05, 4.69) is 0 Å².